The fourth-order valence-electron chi connectivity index (χ4n) is 2.76. The van der Waals surface area contributed by atoms with Crippen molar-refractivity contribution in [1.82, 2.24) is 9.55 Å². The highest BCUT2D eigenvalue weighted by Crippen LogP contribution is 2.33. The number of alkyl halides is 2. The van der Waals surface area contributed by atoms with Crippen molar-refractivity contribution < 1.29 is 23.0 Å². The van der Waals surface area contributed by atoms with E-state index < -0.39 is 6.55 Å². The SMILES string of the molecule is O=C(CSc1nc2ccccc2n1C(F)F)Nc1ccc2c(c1)OCCO2. The molecule has 1 aliphatic rings. The minimum Gasteiger partial charge on any atom is -0.486 e. The predicted octanol–water partition coefficient (Wildman–Crippen LogP) is 3.93. The number of para-hydroxylation sites is 2. The molecule has 1 amide bonds. The van der Waals surface area contributed by atoms with Gasteiger partial charge in [-0.3, -0.25) is 9.36 Å². The maximum Gasteiger partial charge on any atom is 0.321 e. The van der Waals surface area contributed by atoms with Crippen LogP contribution >= 0.6 is 11.8 Å². The summed E-state index contributed by atoms with van der Waals surface area (Å²) in [5.74, 6) is 0.805. The predicted molar refractivity (Wildman–Crippen MR) is 97.8 cm³/mol. The summed E-state index contributed by atoms with van der Waals surface area (Å²) in [6, 6.07) is 11.7. The van der Waals surface area contributed by atoms with E-state index in [4.69, 9.17) is 9.47 Å². The lowest BCUT2D eigenvalue weighted by Crippen LogP contribution is -2.17. The molecule has 0 atom stereocenters. The summed E-state index contributed by atoms with van der Waals surface area (Å²) in [6.45, 7) is -1.80. The maximum absolute atomic E-state index is 13.4. The minimum absolute atomic E-state index is 0.0511. The average molecular weight is 391 g/mol. The van der Waals surface area contributed by atoms with Crippen LogP contribution in [0.4, 0.5) is 14.5 Å². The van der Waals surface area contributed by atoms with E-state index in [2.05, 4.69) is 10.3 Å². The van der Waals surface area contributed by atoms with E-state index in [0.29, 0.717) is 41.4 Å². The Bertz CT molecular complexity index is 993. The third-order valence-corrected chi connectivity index (χ3v) is 4.87. The lowest BCUT2D eigenvalue weighted by atomic mass is 10.2. The molecule has 27 heavy (non-hydrogen) atoms. The van der Waals surface area contributed by atoms with Crippen LogP contribution in [0.3, 0.4) is 0 Å². The number of aromatic nitrogens is 2. The third kappa shape index (κ3) is 3.68. The summed E-state index contributed by atoms with van der Waals surface area (Å²) in [4.78, 5) is 16.4. The molecule has 0 fully saturated rings. The van der Waals surface area contributed by atoms with E-state index in [1.54, 1.807) is 42.5 Å². The fraction of sp³-hybridized carbons (Fsp3) is 0.222. The van der Waals surface area contributed by atoms with Crippen molar-refractivity contribution in [3.8, 4) is 11.5 Å². The topological polar surface area (TPSA) is 65.4 Å². The summed E-state index contributed by atoms with van der Waals surface area (Å²) >= 11 is 0.961. The minimum atomic E-state index is -2.74. The molecule has 3 aromatic rings. The number of halogens is 2. The normalized spacial score (nSPS) is 13.1. The lowest BCUT2D eigenvalue weighted by molar-refractivity contribution is -0.113. The quantitative estimate of drug-likeness (QED) is 0.668. The monoisotopic (exact) mass is 391 g/mol. The molecule has 0 spiro atoms. The van der Waals surface area contributed by atoms with Gasteiger partial charge in [-0.2, -0.15) is 8.78 Å². The Kier molecular flexibility index (Phi) is 4.85. The molecule has 140 valence electrons. The van der Waals surface area contributed by atoms with Crippen LogP contribution in [-0.2, 0) is 4.79 Å². The van der Waals surface area contributed by atoms with Gasteiger partial charge in [0.2, 0.25) is 5.91 Å². The summed E-state index contributed by atoms with van der Waals surface area (Å²) in [7, 11) is 0. The zero-order valence-electron chi connectivity index (χ0n) is 14.0. The summed E-state index contributed by atoms with van der Waals surface area (Å²) < 4.78 is 38.5. The van der Waals surface area contributed by atoms with Gasteiger partial charge in [-0.25, -0.2) is 4.98 Å². The lowest BCUT2D eigenvalue weighted by Gasteiger charge is -2.19. The fourth-order valence-corrected chi connectivity index (χ4v) is 3.57. The van der Waals surface area contributed by atoms with Gasteiger partial charge in [0.25, 0.3) is 0 Å². The second kappa shape index (κ2) is 7.43. The Labute approximate surface area is 157 Å². The maximum atomic E-state index is 13.4. The Morgan fingerprint density at radius 3 is 2.78 bits per heavy atom. The van der Waals surface area contributed by atoms with Crippen LogP contribution in [0.1, 0.15) is 6.55 Å². The van der Waals surface area contributed by atoms with E-state index >= 15 is 0 Å². The number of nitrogens with zero attached hydrogens (tertiary/aromatic N) is 2. The number of rotatable bonds is 5. The number of ether oxygens (including phenoxy) is 2. The number of hydrogen-bond donors (Lipinski definition) is 1. The molecule has 4 rings (SSSR count). The first kappa shape index (κ1) is 17.6. The molecule has 2 aromatic carbocycles. The summed E-state index contributed by atoms with van der Waals surface area (Å²) in [5.41, 5.74) is 1.35. The van der Waals surface area contributed by atoms with Gasteiger partial charge in [0, 0.05) is 11.8 Å². The van der Waals surface area contributed by atoms with Crippen LogP contribution in [0.15, 0.2) is 47.6 Å². The number of benzene rings is 2. The van der Waals surface area contributed by atoms with Gasteiger partial charge < -0.3 is 14.8 Å². The van der Waals surface area contributed by atoms with Crippen LogP contribution in [-0.4, -0.2) is 34.4 Å². The standard InChI is InChI=1S/C18H15F2N3O3S/c19-17(20)23-13-4-2-1-3-12(13)22-18(23)27-10-16(24)21-11-5-6-14-15(9-11)26-8-7-25-14/h1-6,9,17H,7-8,10H2,(H,21,24). The molecular formula is C18H15F2N3O3S. The van der Waals surface area contributed by atoms with E-state index in [1.165, 1.54) is 0 Å². The number of nitrogens with one attached hydrogen (secondary N) is 1. The second-order valence-corrected chi connectivity index (χ2v) is 6.67. The molecule has 0 radical (unpaired) electrons. The van der Waals surface area contributed by atoms with Crippen LogP contribution in [0.25, 0.3) is 11.0 Å². The molecule has 2 heterocycles. The molecule has 9 heteroatoms. The number of carbonyl (C=O) groups excluding carboxylic acids is 1. The third-order valence-electron chi connectivity index (χ3n) is 3.92. The first-order chi connectivity index (χ1) is 13.1. The van der Waals surface area contributed by atoms with E-state index in [0.717, 1.165) is 16.3 Å². The Hall–Kier alpha value is -2.81. The van der Waals surface area contributed by atoms with Crippen molar-refractivity contribution in [3.63, 3.8) is 0 Å². The first-order valence-corrected chi connectivity index (χ1v) is 9.18. The van der Waals surface area contributed by atoms with Gasteiger partial charge in [0.15, 0.2) is 16.7 Å². The molecule has 0 saturated carbocycles. The Balaban J connectivity index is 1.45. The number of carbonyl (C=O) groups is 1. The van der Waals surface area contributed by atoms with Crippen molar-refractivity contribution in [1.29, 1.82) is 0 Å². The van der Waals surface area contributed by atoms with Crippen molar-refractivity contribution in [2.75, 3.05) is 24.3 Å². The van der Waals surface area contributed by atoms with Crippen LogP contribution in [0, 0.1) is 0 Å². The molecular weight excluding hydrogens is 376 g/mol. The van der Waals surface area contributed by atoms with Crippen LogP contribution < -0.4 is 14.8 Å². The number of thioether (sulfide) groups is 1. The van der Waals surface area contributed by atoms with Crippen molar-refractivity contribution >= 4 is 34.4 Å². The van der Waals surface area contributed by atoms with Crippen molar-refractivity contribution in [3.05, 3.63) is 42.5 Å². The van der Waals surface area contributed by atoms with Crippen LogP contribution in [0.5, 0.6) is 11.5 Å². The van der Waals surface area contributed by atoms with Crippen molar-refractivity contribution in [2.45, 2.75) is 11.7 Å². The van der Waals surface area contributed by atoms with E-state index in [1.807, 2.05) is 0 Å². The van der Waals surface area contributed by atoms with Gasteiger partial charge in [-0.05, 0) is 24.3 Å². The molecule has 0 saturated heterocycles. The molecule has 0 unspecified atom stereocenters. The van der Waals surface area contributed by atoms with E-state index in [-0.39, 0.29) is 16.8 Å². The number of amides is 1. The van der Waals surface area contributed by atoms with Gasteiger partial charge in [-0.1, -0.05) is 23.9 Å². The van der Waals surface area contributed by atoms with Crippen LogP contribution in [0.2, 0.25) is 0 Å². The Morgan fingerprint density at radius 1 is 1.19 bits per heavy atom. The molecule has 6 nitrogen and oxygen atoms in total. The Morgan fingerprint density at radius 2 is 1.96 bits per heavy atom. The zero-order chi connectivity index (χ0) is 18.8. The van der Waals surface area contributed by atoms with Gasteiger partial charge in [0.05, 0.1) is 16.8 Å². The van der Waals surface area contributed by atoms with Gasteiger partial charge in [-0.15, -0.1) is 0 Å². The first-order valence-electron chi connectivity index (χ1n) is 8.19. The second-order valence-electron chi connectivity index (χ2n) is 5.73. The average Bonchev–Trinajstić information content (AvgIpc) is 3.05. The molecule has 1 aliphatic heterocycles. The number of imidazole rings is 1. The van der Waals surface area contributed by atoms with E-state index in [9.17, 15) is 13.6 Å². The molecule has 0 aliphatic carbocycles. The van der Waals surface area contributed by atoms with Gasteiger partial charge in [0.1, 0.15) is 13.2 Å². The highest BCUT2D eigenvalue weighted by atomic mass is 32.2. The molecule has 0 bridgehead atoms. The highest BCUT2D eigenvalue weighted by molar-refractivity contribution is 7.99. The summed E-state index contributed by atoms with van der Waals surface area (Å²) in [6.07, 6.45) is 0. The number of fused-ring (bicyclic) bond motifs is 2. The number of anilines is 1. The summed E-state index contributed by atoms with van der Waals surface area (Å²) in [5, 5.41) is 2.83. The smallest absolute Gasteiger partial charge is 0.321 e. The highest BCUT2D eigenvalue weighted by Gasteiger charge is 2.19. The number of hydrogen-bond acceptors (Lipinski definition) is 5. The molecule has 1 N–H and O–H groups in total. The molecule has 1 aromatic heterocycles. The van der Waals surface area contributed by atoms with Crippen molar-refractivity contribution in [2.24, 2.45) is 0 Å². The largest absolute Gasteiger partial charge is 0.486 e. The zero-order valence-corrected chi connectivity index (χ0v) is 14.8. The van der Waals surface area contributed by atoms with Gasteiger partial charge >= 0.3 is 6.55 Å².